The highest BCUT2D eigenvalue weighted by Gasteiger charge is 2.02. The molecule has 2 rings (SSSR count). The Morgan fingerprint density at radius 2 is 2.42 bits per heavy atom. The van der Waals surface area contributed by atoms with E-state index in [2.05, 4.69) is 10.5 Å². The highest BCUT2D eigenvalue weighted by atomic mass is 16.5. The molecule has 0 spiro atoms. The SMILES string of the molecule is O=CNc1cccc2cnoc12. The number of amides is 1. The molecule has 1 aromatic heterocycles. The Morgan fingerprint density at radius 1 is 1.50 bits per heavy atom. The van der Waals surface area contributed by atoms with Crippen molar-refractivity contribution in [3.05, 3.63) is 24.4 Å². The summed E-state index contributed by atoms with van der Waals surface area (Å²) in [6.07, 6.45) is 2.21. The summed E-state index contributed by atoms with van der Waals surface area (Å²) in [4.78, 5) is 10.2. The number of nitrogens with zero attached hydrogens (tertiary/aromatic N) is 1. The molecular formula is C8H6N2O2. The van der Waals surface area contributed by atoms with Crippen molar-refractivity contribution >= 4 is 23.1 Å². The van der Waals surface area contributed by atoms with Gasteiger partial charge in [-0.2, -0.15) is 0 Å². The van der Waals surface area contributed by atoms with Crippen molar-refractivity contribution in [2.75, 3.05) is 5.32 Å². The predicted octanol–water partition coefficient (Wildman–Crippen LogP) is 1.40. The molecule has 4 nitrogen and oxygen atoms in total. The van der Waals surface area contributed by atoms with Gasteiger partial charge in [0.1, 0.15) is 0 Å². The maximum atomic E-state index is 10.2. The van der Waals surface area contributed by atoms with Gasteiger partial charge in [0.25, 0.3) is 0 Å². The minimum Gasteiger partial charge on any atom is -0.354 e. The number of hydrogen-bond donors (Lipinski definition) is 1. The van der Waals surface area contributed by atoms with Crippen LogP contribution in [0, 0.1) is 0 Å². The molecule has 0 saturated heterocycles. The van der Waals surface area contributed by atoms with Crippen LogP contribution in [0.15, 0.2) is 28.9 Å². The van der Waals surface area contributed by atoms with Gasteiger partial charge >= 0.3 is 0 Å². The van der Waals surface area contributed by atoms with Gasteiger partial charge < -0.3 is 9.84 Å². The maximum Gasteiger partial charge on any atom is 0.211 e. The smallest absolute Gasteiger partial charge is 0.211 e. The Labute approximate surface area is 68.2 Å². The molecule has 0 aliphatic heterocycles. The molecule has 0 saturated carbocycles. The first kappa shape index (κ1) is 6.84. The van der Waals surface area contributed by atoms with Gasteiger partial charge in [-0.3, -0.25) is 4.79 Å². The molecule has 0 aliphatic rings. The number of carbonyl (C=O) groups is 1. The zero-order chi connectivity index (χ0) is 8.39. The summed E-state index contributed by atoms with van der Waals surface area (Å²) in [6, 6.07) is 5.44. The van der Waals surface area contributed by atoms with Crippen LogP contribution >= 0.6 is 0 Å². The summed E-state index contributed by atoms with van der Waals surface area (Å²) >= 11 is 0. The van der Waals surface area contributed by atoms with Crippen molar-refractivity contribution < 1.29 is 9.32 Å². The summed E-state index contributed by atoms with van der Waals surface area (Å²) in [6.45, 7) is 0. The molecule has 0 atom stereocenters. The van der Waals surface area contributed by atoms with Gasteiger partial charge in [0.05, 0.1) is 11.9 Å². The Morgan fingerprint density at radius 3 is 3.25 bits per heavy atom. The first-order valence-electron chi connectivity index (χ1n) is 3.45. The number of nitrogens with one attached hydrogen (secondary N) is 1. The van der Waals surface area contributed by atoms with Crippen molar-refractivity contribution in [2.24, 2.45) is 0 Å². The molecule has 60 valence electrons. The van der Waals surface area contributed by atoms with Gasteiger partial charge in [-0.1, -0.05) is 11.2 Å². The van der Waals surface area contributed by atoms with E-state index < -0.39 is 0 Å². The van der Waals surface area contributed by atoms with E-state index in [1.807, 2.05) is 12.1 Å². The zero-order valence-corrected chi connectivity index (χ0v) is 6.15. The fourth-order valence-corrected chi connectivity index (χ4v) is 1.07. The van der Waals surface area contributed by atoms with Crippen LogP contribution in [0.4, 0.5) is 5.69 Å². The maximum absolute atomic E-state index is 10.2. The molecule has 1 heterocycles. The van der Waals surface area contributed by atoms with E-state index >= 15 is 0 Å². The van der Waals surface area contributed by atoms with Gasteiger partial charge in [-0.05, 0) is 12.1 Å². The first-order chi connectivity index (χ1) is 5.92. The number of carbonyl (C=O) groups excluding carboxylic acids is 1. The van der Waals surface area contributed by atoms with Crippen LogP contribution in [0.1, 0.15) is 0 Å². The third-order valence-electron chi connectivity index (χ3n) is 1.60. The van der Waals surface area contributed by atoms with Gasteiger partial charge in [-0.15, -0.1) is 0 Å². The number of hydrogen-bond acceptors (Lipinski definition) is 3. The monoisotopic (exact) mass is 162 g/mol. The lowest BCUT2D eigenvalue weighted by atomic mass is 10.2. The third-order valence-corrected chi connectivity index (χ3v) is 1.60. The Balaban J connectivity index is 2.65. The largest absolute Gasteiger partial charge is 0.354 e. The predicted molar refractivity (Wildman–Crippen MR) is 43.7 cm³/mol. The number of aromatic nitrogens is 1. The lowest BCUT2D eigenvalue weighted by Crippen LogP contribution is -1.92. The van der Waals surface area contributed by atoms with Crippen molar-refractivity contribution in [3.63, 3.8) is 0 Å². The van der Waals surface area contributed by atoms with E-state index in [0.29, 0.717) is 17.7 Å². The van der Waals surface area contributed by atoms with Crippen molar-refractivity contribution in [2.45, 2.75) is 0 Å². The minimum atomic E-state index is 0.601. The molecule has 4 heteroatoms. The average molecular weight is 162 g/mol. The normalized spacial score (nSPS) is 10.0. The fraction of sp³-hybridized carbons (Fsp3) is 0. The van der Waals surface area contributed by atoms with Gasteiger partial charge in [-0.25, -0.2) is 0 Å². The average Bonchev–Trinajstić information content (AvgIpc) is 2.53. The lowest BCUT2D eigenvalue weighted by Gasteiger charge is -1.95. The Kier molecular flexibility index (Phi) is 1.51. The molecule has 0 radical (unpaired) electrons. The van der Waals surface area contributed by atoms with E-state index in [1.54, 1.807) is 12.3 Å². The molecule has 2 aromatic rings. The minimum absolute atomic E-state index is 0.601. The molecule has 0 bridgehead atoms. The van der Waals surface area contributed by atoms with Crippen LogP contribution in [-0.4, -0.2) is 11.6 Å². The molecule has 0 unspecified atom stereocenters. The van der Waals surface area contributed by atoms with E-state index in [9.17, 15) is 4.79 Å². The van der Waals surface area contributed by atoms with Crippen LogP contribution in [0.2, 0.25) is 0 Å². The molecular weight excluding hydrogens is 156 g/mol. The quantitative estimate of drug-likeness (QED) is 0.679. The number of fused-ring (bicyclic) bond motifs is 1. The Hall–Kier alpha value is -1.84. The number of rotatable bonds is 2. The zero-order valence-electron chi connectivity index (χ0n) is 6.15. The van der Waals surface area contributed by atoms with Crippen LogP contribution in [0.25, 0.3) is 11.0 Å². The number of para-hydroxylation sites is 1. The third kappa shape index (κ3) is 0.934. The number of benzene rings is 1. The van der Waals surface area contributed by atoms with E-state index in [-0.39, 0.29) is 0 Å². The van der Waals surface area contributed by atoms with E-state index in [0.717, 1.165) is 5.39 Å². The van der Waals surface area contributed by atoms with E-state index in [1.165, 1.54) is 0 Å². The highest BCUT2D eigenvalue weighted by molar-refractivity contribution is 5.92. The first-order valence-corrected chi connectivity index (χ1v) is 3.45. The summed E-state index contributed by atoms with van der Waals surface area (Å²) in [5.41, 5.74) is 1.24. The summed E-state index contributed by atoms with van der Waals surface area (Å²) in [7, 11) is 0. The second kappa shape index (κ2) is 2.65. The van der Waals surface area contributed by atoms with Gasteiger partial charge in [0, 0.05) is 5.39 Å². The Bertz CT molecular complexity index is 408. The molecule has 0 aliphatic carbocycles. The van der Waals surface area contributed by atoms with Crippen molar-refractivity contribution in [1.29, 1.82) is 0 Å². The summed E-state index contributed by atoms with van der Waals surface area (Å²) in [5, 5.41) is 7.01. The van der Waals surface area contributed by atoms with Crippen LogP contribution < -0.4 is 5.32 Å². The van der Waals surface area contributed by atoms with Gasteiger partial charge in [0.2, 0.25) is 6.41 Å². The van der Waals surface area contributed by atoms with Crippen LogP contribution in [0.5, 0.6) is 0 Å². The van der Waals surface area contributed by atoms with Crippen molar-refractivity contribution in [1.82, 2.24) is 5.16 Å². The standard InChI is InChI=1S/C8H6N2O2/c11-5-9-7-3-1-2-6-4-10-12-8(6)7/h1-5H,(H,9,11). The molecule has 0 fully saturated rings. The molecule has 1 amide bonds. The highest BCUT2D eigenvalue weighted by Crippen LogP contribution is 2.21. The van der Waals surface area contributed by atoms with E-state index in [4.69, 9.17) is 4.52 Å². The number of anilines is 1. The second-order valence-corrected chi connectivity index (χ2v) is 2.31. The molecule has 1 aromatic carbocycles. The van der Waals surface area contributed by atoms with Crippen LogP contribution in [-0.2, 0) is 4.79 Å². The lowest BCUT2D eigenvalue weighted by molar-refractivity contribution is -0.105. The summed E-state index contributed by atoms with van der Waals surface area (Å²) in [5.74, 6) is 0. The van der Waals surface area contributed by atoms with Gasteiger partial charge in [0.15, 0.2) is 5.58 Å². The summed E-state index contributed by atoms with van der Waals surface area (Å²) < 4.78 is 4.93. The second-order valence-electron chi connectivity index (χ2n) is 2.31. The topological polar surface area (TPSA) is 55.1 Å². The fourth-order valence-electron chi connectivity index (χ4n) is 1.07. The molecule has 12 heavy (non-hydrogen) atoms. The molecule has 1 N–H and O–H groups in total. The van der Waals surface area contributed by atoms with Crippen LogP contribution in [0.3, 0.4) is 0 Å². The van der Waals surface area contributed by atoms with Crippen molar-refractivity contribution in [3.8, 4) is 0 Å².